The fourth-order valence-corrected chi connectivity index (χ4v) is 2.39. The van der Waals surface area contributed by atoms with Gasteiger partial charge in [-0.25, -0.2) is 9.37 Å². The van der Waals surface area contributed by atoms with E-state index in [0.29, 0.717) is 23.6 Å². The third-order valence-electron chi connectivity index (χ3n) is 3.80. The van der Waals surface area contributed by atoms with Gasteiger partial charge >= 0.3 is 0 Å². The molecule has 5 heteroatoms. The Morgan fingerprint density at radius 3 is 2.48 bits per heavy atom. The first-order valence-electron chi connectivity index (χ1n) is 7.93. The number of hydrogen-bond donors (Lipinski definition) is 2. The van der Waals surface area contributed by atoms with Crippen molar-refractivity contribution in [1.29, 1.82) is 0 Å². The molecule has 2 aromatic carbocycles. The minimum Gasteiger partial charge on any atom is -0.366 e. The SMILES string of the molecule is Cc1ccccc1C(=O)Nc1ccc(NCc2ccc(F)cc2)nc1. The van der Waals surface area contributed by atoms with Crippen LogP contribution in [0.15, 0.2) is 66.9 Å². The largest absolute Gasteiger partial charge is 0.366 e. The van der Waals surface area contributed by atoms with Crippen molar-refractivity contribution in [3.63, 3.8) is 0 Å². The number of aryl methyl sites for hydroxylation is 1. The van der Waals surface area contributed by atoms with E-state index in [4.69, 9.17) is 0 Å². The van der Waals surface area contributed by atoms with Crippen LogP contribution in [0.4, 0.5) is 15.9 Å². The van der Waals surface area contributed by atoms with Gasteiger partial charge in [0.05, 0.1) is 11.9 Å². The van der Waals surface area contributed by atoms with E-state index >= 15 is 0 Å². The molecule has 0 fully saturated rings. The number of rotatable bonds is 5. The second-order valence-corrected chi connectivity index (χ2v) is 5.68. The highest BCUT2D eigenvalue weighted by Gasteiger charge is 2.08. The lowest BCUT2D eigenvalue weighted by molar-refractivity contribution is 0.102. The van der Waals surface area contributed by atoms with Crippen LogP contribution in [0.3, 0.4) is 0 Å². The molecule has 0 bridgehead atoms. The number of amides is 1. The molecule has 126 valence electrons. The molecule has 0 unspecified atom stereocenters. The van der Waals surface area contributed by atoms with E-state index in [1.807, 2.05) is 25.1 Å². The number of hydrogen-bond acceptors (Lipinski definition) is 3. The van der Waals surface area contributed by atoms with Crippen molar-refractivity contribution < 1.29 is 9.18 Å². The summed E-state index contributed by atoms with van der Waals surface area (Å²) in [6.45, 7) is 2.44. The number of nitrogens with one attached hydrogen (secondary N) is 2. The van der Waals surface area contributed by atoms with Crippen molar-refractivity contribution >= 4 is 17.4 Å². The Hall–Kier alpha value is -3.21. The minimum atomic E-state index is -0.254. The molecule has 1 amide bonds. The summed E-state index contributed by atoms with van der Waals surface area (Å²) in [7, 11) is 0. The fourth-order valence-electron chi connectivity index (χ4n) is 2.39. The molecular weight excluding hydrogens is 317 g/mol. The van der Waals surface area contributed by atoms with Gasteiger partial charge in [-0.1, -0.05) is 30.3 Å². The summed E-state index contributed by atoms with van der Waals surface area (Å²) in [6.07, 6.45) is 1.60. The maximum Gasteiger partial charge on any atom is 0.255 e. The van der Waals surface area contributed by atoms with Gasteiger partial charge in [-0.05, 0) is 48.4 Å². The molecule has 2 N–H and O–H groups in total. The van der Waals surface area contributed by atoms with Gasteiger partial charge in [0.1, 0.15) is 11.6 Å². The van der Waals surface area contributed by atoms with E-state index in [9.17, 15) is 9.18 Å². The molecule has 1 aromatic heterocycles. The van der Waals surface area contributed by atoms with Gasteiger partial charge in [0.2, 0.25) is 0 Å². The Morgan fingerprint density at radius 1 is 1.04 bits per heavy atom. The molecule has 4 nitrogen and oxygen atoms in total. The van der Waals surface area contributed by atoms with Gasteiger partial charge in [-0.15, -0.1) is 0 Å². The van der Waals surface area contributed by atoms with E-state index in [1.165, 1.54) is 12.1 Å². The number of carbonyl (C=O) groups excluding carboxylic acids is 1. The summed E-state index contributed by atoms with van der Waals surface area (Å²) in [5.74, 6) is 0.265. The Kier molecular flexibility index (Phi) is 5.04. The highest BCUT2D eigenvalue weighted by atomic mass is 19.1. The van der Waals surface area contributed by atoms with Gasteiger partial charge in [0, 0.05) is 12.1 Å². The average molecular weight is 335 g/mol. The lowest BCUT2D eigenvalue weighted by atomic mass is 10.1. The zero-order chi connectivity index (χ0) is 17.6. The zero-order valence-corrected chi connectivity index (χ0v) is 13.8. The van der Waals surface area contributed by atoms with Crippen LogP contribution < -0.4 is 10.6 Å². The molecule has 3 rings (SSSR count). The van der Waals surface area contributed by atoms with Crippen molar-refractivity contribution in [2.45, 2.75) is 13.5 Å². The Morgan fingerprint density at radius 2 is 1.80 bits per heavy atom. The lowest BCUT2D eigenvalue weighted by Crippen LogP contribution is -2.13. The monoisotopic (exact) mass is 335 g/mol. The molecule has 3 aromatic rings. The molecule has 0 aliphatic carbocycles. The maximum absolute atomic E-state index is 12.9. The van der Waals surface area contributed by atoms with Crippen molar-refractivity contribution in [1.82, 2.24) is 4.98 Å². The summed E-state index contributed by atoms with van der Waals surface area (Å²) >= 11 is 0. The van der Waals surface area contributed by atoms with Gasteiger partial charge in [0.15, 0.2) is 0 Å². The standard InChI is InChI=1S/C20H18FN3O/c1-14-4-2-3-5-18(14)20(25)24-17-10-11-19(23-13-17)22-12-15-6-8-16(21)9-7-15/h2-11,13H,12H2,1H3,(H,22,23)(H,24,25). The summed E-state index contributed by atoms with van der Waals surface area (Å²) < 4.78 is 12.9. The second-order valence-electron chi connectivity index (χ2n) is 5.68. The summed E-state index contributed by atoms with van der Waals surface area (Å²) in [5, 5.41) is 5.99. The van der Waals surface area contributed by atoms with Crippen LogP contribution in [0, 0.1) is 12.7 Å². The number of halogens is 1. The third kappa shape index (κ3) is 4.41. The maximum atomic E-state index is 12.9. The number of benzene rings is 2. The molecule has 0 saturated carbocycles. The van der Waals surface area contributed by atoms with Crippen LogP contribution in [0.25, 0.3) is 0 Å². The van der Waals surface area contributed by atoms with Gasteiger partial charge < -0.3 is 10.6 Å². The van der Waals surface area contributed by atoms with E-state index in [0.717, 1.165) is 11.1 Å². The first-order valence-corrected chi connectivity index (χ1v) is 7.93. The fraction of sp³-hybridized carbons (Fsp3) is 0.100. The van der Waals surface area contributed by atoms with Gasteiger partial charge in [-0.2, -0.15) is 0 Å². The topological polar surface area (TPSA) is 54.0 Å². The summed E-state index contributed by atoms with van der Waals surface area (Å²) in [4.78, 5) is 16.6. The van der Waals surface area contributed by atoms with Gasteiger partial charge in [0.25, 0.3) is 5.91 Å². The van der Waals surface area contributed by atoms with Crippen LogP contribution in [0.5, 0.6) is 0 Å². The molecule has 0 spiro atoms. The highest BCUT2D eigenvalue weighted by Crippen LogP contribution is 2.14. The van der Waals surface area contributed by atoms with Crippen molar-refractivity contribution in [3.05, 3.63) is 89.4 Å². The first-order chi connectivity index (χ1) is 12.1. The molecule has 0 aliphatic heterocycles. The molecular formula is C20H18FN3O. The molecule has 0 aliphatic rings. The normalized spacial score (nSPS) is 10.3. The van der Waals surface area contributed by atoms with Crippen LogP contribution in [-0.2, 0) is 6.54 Å². The van der Waals surface area contributed by atoms with E-state index in [-0.39, 0.29) is 11.7 Å². The number of nitrogens with zero attached hydrogens (tertiary/aromatic N) is 1. The van der Waals surface area contributed by atoms with Crippen LogP contribution in [0.2, 0.25) is 0 Å². The van der Waals surface area contributed by atoms with E-state index < -0.39 is 0 Å². The molecule has 25 heavy (non-hydrogen) atoms. The third-order valence-corrected chi connectivity index (χ3v) is 3.80. The van der Waals surface area contributed by atoms with Crippen LogP contribution in [0.1, 0.15) is 21.5 Å². The van der Waals surface area contributed by atoms with Crippen molar-refractivity contribution in [3.8, 4) is 0 Å². The number of pyridine rings is 1. The van der Waals surface area contributed by atoms with Crippen molar-refractivity contribution in [2.75, 3.05) is 10.6 Å². The van der Waals surface area contributed by atoms with Crippen LogP contribution in [-0.4, -0.2) is 10.9 Å². The number of anilines is 2. The molecule has 1 heterocycles. The lowest BCUT2D eigenvalue weighted by Gasteiger charge is -2.09. The predicted octanol–water partition coefficient (Wildman–Crippen LogP) is 4.39. The number of aromatic nitrogens is 1. The second kappa shape index (κ2) is 7.57. The first kappa shape index (κ1) is 16.6. The van der Waals surface area contributed by atoms with E-state index in [2.05, 4.69) is 15.6 Å². The van der Waals surface area contributed by atoms with Gasteiger partial charge in [-0.3, -0.25) is 4.79 Å². The summed E-state index contributed by atoms with van der Waals surface area (Å²) in [5.41, 5.74) is 3.15. The molecule has 0 saturated heterocycles. The Bertz CT molecular complexity index is 861. The average Bonchev–Trinajstić information content (AvgIpc) is 2.63. The zero-order valence-electron chi connectivity index (χ0n) is 13.8. The molecule has 0 radical (unpaired) electrons. The van der Waals surface area contributed by atoms with E-state index in [1.54, 1.807) is 36.5 Å². The highest BCUT2D eigenvalue weighted by molar-refractivity contribution is 6.05. The quantitative estimate of drug-likeness (QED) is 0.727. The van der Waals surface area contributed by atoms with Crippen LogP contribution >= 0.6 is 0 Å². The minimum absolute atomic E-state index is 0.160. The predicted molar refractivity (Wildman–Crippen MR) is 97.1 cm³/mol. The molecule has 0 atom stereocenters. The summed E-state index contributed by atoms with van der Waals surface area (Å²) in [6, 6.07) is 17.3. The smallest absolute Gasteiger partial charge is 0.255 e. The van der Waals surface area contributed by atoms with Crippen molar-refractivity contribution in [2.24, 2.45) is 0 Å². The Balaban J connectivity index is 1.59. The Labute approximate surface area is 145 Å². The number of carbonyl (C=O) groups is 1.